The molecule has 90 valence electrons. The summed E-state index contributed by atoms with van der Waals surface area (Å²) in [5.41, 5.74) is 2.34. The highest BCUT2D eigenvalue weighted by Crippen LogP contribution is 2.30. The zero-order valence-corrected chi connectivity index (χ0v) is 11.5. The van der Waals surface area contributed by atoms with Crippen LogP contribution in [0.15, 0.2) is 29.8 Å². The van der Waals surface area contributed by atoms with Crippen LogP contribution in [-0.2, 0) is 6.42 Å². The molecule has 2 heterocycles. The Hall–Kier alpha value is -0.900. The Morgan fingerprint density at radius 2 is 2.29 bits per heavy atom. The zero-order chi connectivity index (χ0) is 12.3. The van der Waals surface area contributed by atoms with Crippen LogP contribution in [0.2, 0.25) is 5.02 Å². The number of halogens is 1. The highest BCUT2D eigenvalue weighted by molar-refractivity contribution is 7.10. The molecule has 0 amide bonds. The molecule has 2 nitrogen and oxygen atoms in total. The van der Waals surface area contributed by atoms with Crippen molar-refractivity contribution in [2.24, 2.45) is 0 Å². The summed E-state index contributed by atoms with van der Waals surface area (Å²) in [5, 5.41) is 6.16. The van der Waals surface area contributed by atoms with Crippen molar-refractivity contribution in [2.75, 3.05) is 7.05 Å². The smallest absolute Gasteiger partial charge is 0.0561 e. The van der Waals surface area contributed by atoms with Gasteiger partial charge < -0.3 is 5.32 Å². The van der Waals surface area contributed by atoms with E-state index in [0.717, 1.165) is 17.1 Å². The van der Waals surface area contributed by atoms with Crippen LogP contribution < -0.4 is 5.32 Å². The molecule has 0 bridgehead atoms. The first-order valence-corrected chi connectivity index (χ1v) is 6.78. The third kappa shape index (κ3) is 2.86. The first-order valence-electron chi connectivity index (χ1n) is 5.53. The van der Waals surface area contributed by atoms with Gasteiger partial charge in [0.25, 0.3) is 0 Å². The largest absolute Gasteiger partial charge is 0.312 e. The van der Waals surface area contributed by atoms with Crippen molar-refractivity contribution in [1.82, 2.24) is 10.3 Å². The molecule has 2 rings (SSSR count). The number of aryl methyl sites for hydroxylation is 1. The standard InChI is InChI=1S/C13H15ClN2S/c1-9-4-3-6-16-11(9)8-12(15-2)13-10(14)5-7-17-13/h3-7,12,15H,8H2,1-2H3. The summed E-state index contributed by atoms with van der Waals surface area (Å²) < 4.78 is 0. The average molecular weight is 267 g/mol. The fourth-order valence-electron chi connectivity index (χ4n) is 1.81. The fourth-order valence-corrected chi connectivity index (χ4v) is 3.11. The van der Waals surface area contributed by atoms with Gasteiger partial charge in [-0.3, -0.25) is 4.98 Å². The molecular weight excluding hydrogens is 252 g/mol. The van der Waals surface area contributed by atoms with Crippen molar-refractivity contribution in [2.45, 2.75) is 19.4 Å². The predicted octanol–water partition coefficient (Wildman–Crippen LogP) is 3.61. The van der Waals surface area contributed by atoms with E-state index < -0.39 is 0 Å². The summed E-state index contributed by atoms with van der Waals surface area (Å²) in [6, 6.07) is 6.23. The summed E-state index contributed by atoms with van der Waals surface area (Å²) in [6.07, 6.45) is 2.70. The van der Waals surface area contributed by atoms with Gasteiger partial charge in [-0.05, 0) is 37.0 Å². The molecule has 4 heteroatoms. The number of rotatable bonds is 4. The van der Waals surface area contributed by atoms with E-state index in [4.69, 9.17) is 11.6 Å². The zero-order valence-electron chi connectivity index (χ0n) is 9.90. The van der Waals surface area contributed by atoms with Crippen molar-refractivity contribution >= 4 is 22.9 Å². The van der Waals surface area contributed by atoms with Crippen molar-refractivity contribution < 1.29 is 0 Å². The van der Waals surface area contributed by atoms with Gasteiger partial charge in [0.15, 0.2) is 0 Å². The summed E-state index contributed by atoms with van der Waals surface area (Å²) in [7, 11) is 1.96. The van der Waals surface area contributed by atoms with E-state index in [1.54, 1.807) is 11.3 Å². The second-order valence-electron chi connectivity index (χ2n) is 3.95. The van der Waals surface area contributed by atoms with Crippen molar-refractivity contribution in [1.29, 1.82) is 0 Å². The van der Waals surface area contributed by atoms with Gasteiger partial charge in [0, 0.05) is 29.2 Å². The average Bonchev–Trinajstić information content (AvgIpc) is 2.75. The quantitative estimate of drug-likeness (QED) is 0.915. The molecule has 2 aromatic heterocycles. The van der Waals surface area contributed by atoms with Crippen LogP contribution in [0.25, 0.3) is 0 Å². The Kier molecular flexibility index (Phi) is 4.15. The molecule has 0 aliphatic carbocycles. The molecule has 1 unspecified atom stereocenters. The molecule has 1 atom stereocenters. The second-order valence-corrected chi connectivity index (χ2v) is 5.30. The first-order chi connectivity index (χ1) is 8.22. The summed E-state index contributed by atoms with van der Waals surface area (Å²) in [6.45, 7) is 2.09. The first kappa shape index (κ1) is 12.6. The number of nitrogens with one attached hydrogen (secondary N) is 1. The van der Waals surface area contributed by atoms with Crippen LogP contribution in [0, 0.1) is 6.92 Å². The van der Waals surface area contributed by atoms with Gasteiger partial charge >= 0.3 is 0 Å². The molecule has 2 aromatic rings. The van der Waals surface area contributed by atoms with Crippen LogP contribution in [0.5, 0.6) is 0 Å². The van der Waals surface area contributed by atoms with Gasteiger partial charge in [-0.2, -0.15) is 0 Å². The minimum Gasteiger partial charge on any atom is -0.312 e. The molecule has 0 saturated heterocycles. The second kappa shape index (κ2) is 5.63. The number of nitrogens with zero attached hydrogens (tertiary/aromatic N) is 1. The molecule has 0 aliphatic rings. The van der Waals surface area contributed by atoms with Crippen LogP contribution in [0.4, 0.5) is 0 Å². The SMILES string of the molecule is CNC(Cc1ncccc1C)c1sccc1Cl. The van der Waals surface area contributed by atoms with E-state index in [1.807, 2.05) is 30.8 Å². The molecular formula is C13H15ClN2S. The highest BCUT2D eigenvalue weighted by Gasteiger charge is 2.16. The molecule has 0 spiro atoms. The van der Waals surface area contributed by atoms with Crippen molar-refractivity contribution in [3.05, 3.63) is 50.9 Å². The minimum atomic E-state index is 0.232. The number of hydrogen-bond acceptors (Lipinski definition) is 3. The van der Waals surface area contributed by atoms with Gasteiger partial charge in [-0.15, -0.1) is 11.3 Å². The molecule has 0 saturated carbocycles. The minimum absolute atomic E-state index is 0.232. The maximum absolute atomic E-state index is 6.17. The van der Waals surface area contributed by atoms with E-state index in [1.165, 1.54) is 10.4 Å². The van der Waals surface area contributed by atoms with Gasteiger partial charge in [0.2, 0.25) is 0 Å². The fraction of sp³-hybridized carbons (Fsp3) is 0.308. The van der Waals surface area contributed by atoms with E-state index >= 15 is 0 Å². The number of thiophene rings is 1. The molecule has 0 aliphatic heterocycles. The van der Waals surface area contributed by atoms with Crippen LogP contribution in [0.1, 0.15) is 22.2 Å². The van der Waals surface area contributed by atoms with E-state index in [-0.39, 0.29) is 6.04 Å². The van der Waals surface area contributed by atoms with Gasteiger partial charge in [-0.25, -0.2) is 0 Å². The predicted molar refractivity (Wildman–Crippen MR) is 73.8 cm³/mol. The number of aromatic nitrogens is 1. The van der Waals surface area contributed by atoms with Crippen LogP contribution in [-0.4, -0.2) is 12.0 Å². The summed E-state index contributed by atoms with van der Waals surface area (Å²) in [4.78, 5) is 5.61. The molecule has 1 N–H and O–H groups in total. The lowest BCUT2D eigenvalue weighted by atomic mass is 10.1. The molecule has 0 fully saturated rings. The Bertz CT molecular complexity index is 496. The normalized spacial score (nSPS) is 12.6. The van der Waals surface area contributed by atoms with E-state index in [2.05, 4.69) is 23.3 Å². The Labute approximate surface area is 111 Å². The monoisotopic (exact) mass is 266 g/mol. The maximum Gasteiger partial charge on any atom is 0.0561 e. The number of hydrogen-bond donors (Lipinski definition) is 1. The Balaban J connectivity index is 2.22. The number of pyridine rings is 1. The summed E-state index contributed by atoms with van der Waals surface area (Å²) >= 11 is 7.85. The third-order valence-electron chi connectivity index (χ3n) is 2.83. The third-order valence-corrected chi connectivity index (χ3v) is 4.30. The Morgan fingerprint density at radius 3 is 2.88 bits per heavy atom. The van der Waals surface area contributed by atoms with Gasteiger partial charge in [-0.1, -0.05) is 17.7 Å². The lowest BCUT2D eigenvalue weighted by molar-refractivity contribution is 0.592. The maximum atomic E-state index is 6.17. The lowest BCUT2D eigenvalue weighted by Gasteiger charge is -2.15. The molecule has 0 radical (unpaired) electrons. The molecule has 17 heavy (non-hydrogen) atoms. The van der Waals surface area contributed by atoms with Crippen LogP contribution >= 0.6 is 22.9 Å². The van der Waals surface area contributed by atoms with Crippen molar-refractivity contribution in [3.8, 4) is 0 Å². The van der Waals surface area contributed by atoms with Gasteiger partial charge in [0.05, 0.1) is 5.02 Å². The van der Waals surface area contributed by atoms with Crippen molar-refractivity contribution in [3.63, 3.8) is 0 Å². The topological polar surface area (TPSA) is 24.9 Å². The molecule has 0 aromatic carbocycles. The summed E-state index contributed by atoms with van der Waals surface area (Å²) in [5.74, 6) is 0. The Morgan fingerprint density at radius 1 is 1.47 bits per heavy atom. The number of likely N-dealkylation sites (N-methyl/N-ethyl adjacent to an activating group) is 1. The van der Waals surface area contributed by atoms with E-state index in [0.29, 0.717) is 0 Å². The van der Waals surface area contributed by atoms with E-state index in [9.17, 15) is 0 Å². The van der Waals surface area contributed by atoms with Crippen LogP contribution in [0.3, 0.4) is 0 Å². The lowest BCUT2D eigenvalue weighted by Crippen LogP contribution is -2.19. The van der Waals surface area contributed by atoms with Gasteiger partial charge in [0.1, 0.15) is 0 Å². The highest BCUT2D eigenvalue weighted by atomic mass is 35.5.